The van der Waals surface area contributed by atoms with Crippen molar-refractivity contribution in [1.82, 2.24) is 0 Å². The van der Waals surface area contributed by atoms with Crippen LogP contribution < -0.4 is 10.0 Å². The van der Waals surface area contributed by atoms with Gasteiger partial charge in [-0.05, 0) is 54.4 Å². The SMILES string of the molecule is Cc1ccc(F)cc1CNc1ccc(NS(C)(=O)=O)cc1. The summed E-state index contributed by atoms with van der Waals surface area (Å²) in [4.78, 5) is 0. The molecule has 2 aromatic carbocycles. The maximum Gasteiger partial charge on any atom is 0.229 e. The summed E-state index contributed by atoms with van der Waals surface area (Å²) in [6, 6.07) is 11.5. The third-order valence-corrected chi connectivity index (χ3v) is 3.59. The Morgan fingerprint density at radius 3 is 2.29 bits per heavy atom. The molecular formula is C15H17FN2O2S. The third kappa shape index (κ3) is 4.75. The van der Waals surface area contributed by atoms with E-state index in [1.807, 2.05) is 6.92 Å². The lowest BCUT2D eigenvalue weighted by Gasteiger charge is -2.10. The Morgan fingerprint density at radius 1 is 1.05 bits per heavy atom. The zero-order chi connectivity index (χ0) is 15.5. The van der Waals surface area contributed by atoms with E-state index in [0.717, 1.165) is 23.1 Å². The molecule has 0 amide bonds. The Morgan fingerprint density at radius 2 is 1.67 bits per heavy atom. The standard InChI is InChI=1S/C15H17FN2O2S/c1-11-3-4-13(16)9-12(11)10-17-14-5-7-15(8-6-14)18-21(2,19)20/h3-9,17-18H,10H2,1-2H3. The Balaban J connectivity index is 2.02. The van der Waals surface area contributed by atoms with Crippen molar-refractivity contribution in [3.63, 3.8) is 0 Å². The van der Waals surface area contributed by atoms with Crippen LogP contribution >= 0.6 is 0 Å². The fourth-order valence-electron chi connectivity index (χ4n) is 1.90. The predicted octanol–water partition coefficient (Wildman–Crippen LogP) is 3.12. The van der Waals surface area contributed by atoms with Gasteiger partial charge in [0.2, 0.25) is 10.0 Å². The van der Waals surface area contributed by atoms with Gasteiger partial charge in [0, 0.05) is 17.9 Å². The second kappa shape index (κ2) is 6.13. The number of hydrogen-bond donors (Lipinski definition) is 2. The number of benzene rings is 2. The van der Waals surface area contributed by atoms with E-state index in [0.29, 0.717) is 12.2 Å². The van der Waals surface area contributed by atoms with Crippen LogP contribution in [0.4, 0.5) is 15.8 Å². The second-order valence-electron chi connectivity index (χ2n) is 4.88. The van der Waals surface area contributed by atoms with Gasteiger partial charge < -0.3 is 5.32 Å². The molecule has 0 atom stereocenters. The molecule has 0 aliphatic heterocycles. The zero-order valence-corrected chi connectivity index (χ0v) is 12.7. The third-order valence-electron chi connectivity index (χ3n) is 2.98. The zero-order valence-electron chi connectivity index (χ0n) is 11.9. The van der Waals surface area contributed by atoms with Crippen LogP contribution in [0.2, 0.25) is 0 Å². The van der Waals surface area contributed by atoms with Crippen LogP contribution in [-0.4, -0.2) is 14.7 Å². The number of sulfonamides is 1. The van der Waals surface area contributed by atoms with E-state index in [4.69, 9.17) is 0 Å². The summed E-state index contributed by atoms with van der Waals surface area (Å²) in [6.07, 6.45) is 1.10. The van der Waals surface area contributed by atoms with Crippen molar-refractivity contribution in [2.45, 2.75) is 13.5 Å². The van der Waals surface area contributed by atoms with E-state index in [9.17, 15) is 12.8 Å². The van der Waals surface area contributed by atoms with Gasteiger partial charge >= 0.3 is 0 Å². The highest BCUT2D eigenvalue weighted by molar-refractivity contribution is 7.92. The van der Waals surface area contributed by atoms with Crippen molar-refractivity contribution >= 4 is 21.4 Å². The van der Waals surface area contributed by atoms with Crippen molar-refractivity contribution in [2.75, 3.05) is 16.3 Å². The molecule has 0 heterocycles. The number of anilines is 2. The van der Waals surface area contributed by atoms with Crippen molar-refractivity contribution in [3.05, 3.63) is 59.4 Å². The lowest BCUT2D eigenvalue weighted by Crippen LogP contribution is -2.09. The lowest BCUT2D eigenvalue weighted by atomic mass is 10.1. The molecular weight excluding hydrogens is 291 g/mol. The van der Waals surface area contributed by atoms with E-state index in [2.05, 4.69) is 10.0 Å². The summed E-state index contributed by atoms with van der Waals surface area (Å²) in [7, 11) is -3.27. The second-order valence-corrected chi connectivity index (χ2v) is 6.62. The number of nitrogens with one attached hydrogen (secondary N) is 2. The molecule has 0 saturated carbocycles. The van der Waals surface area contributed by atoms with Crippen LogP contribution in [0.25, 0.3) is 0 Å². The Hall–Kier alpha value is -2.08. The van der Waals surface area contributed by atoms with Crippen molar-refractivity contribution in [1.29, 1.82) is 0 Å². The molecule has 0 fully saturated rings. The van der Waals surface area contributed by atoms with Crippen molar-refractivity contribution in [3.8, 4) is 0 Å². The molecule has 0 unspecified atom stereocenters. The molecule has 0 bridgehead atoms. The summed E-state index contributed by atoms with van der Waals surface area (Å²) >= 11 is 0. The van der Waals surface area contributed by atoms with Crippen LogP contribution in [0.3, 0.4) is 0 Å². The average molecular weight is 308 g/mol. The molecule has 0 spiro atoms. The fraction of sp³-hybridized carbons (Fsp3) is 0.200. The minimum absolute atomic E-state index is 0.259. The summed E-state index contributed by atoms with van der Waals surface area (Å²) in [5.41, 5.74) is 3.23. The summed E-state index contributed by atoms with van der Waals surface area (Å²) < 4.78 is 37.8. The maximum atomic E-state index is 13.2. The van der Waals surface area contributed by atoms with Gasteiger partial charge in [0.05, 0.1) is 6.26 Å². The van der Waals surface area contributed by atoms with Gasteiger partial charge in [-0.1, -0.05) is 6.07 Å². The molecule has 0 aliphatic rings. The summed E-state index contributed by atoms with van der Waals surface area (Å²) in [6.45, 7) is 2.43. The highest BCUT2D eigenvalue weighted by atomic mass is 32.2. The lowest BCUT2D eigenvalue weighted by molar-refractivity contribution is 0.607. The monoisotopic (exact) mass is 308 g/mol. The maximum absolute atomic E-state index is 13.2. The summed E-state index contributed by atoms with van der Waals surface area (Å²) in [5.74, 6) is -0.259. The van der Waals surface area contributed by atoms with Gasteiger partial charge in [0.15, 0.2) is 0 Å². The van der Waals surface area contributed by atoms with Crippen LogP contribution in [-0.2, 0) is 16.6 Å². The predicted molar refractivity (Wildman–Crippen MR) is 83.4 cm³/mol. The van der Waals surface area contributed by atoms with Gasteiger partial charge in [-0.2, -0.15) is 0 Å². The first-order valence-corrected chi connectivity index (χ1v) is 8.29. The number of aryl methyl sites for hydroxylation is 1. The van der Waals surface area contributed by atoms with E-state index >= 15 is 0 Å². The minimum Gasteiger partial charge on any atom is -0.381 e. The van der Waals surface area contributed by atoms with Crippen LogP contribution in [0.5, 0.6) is 0 Å². The molecule has 21 heavy (non-hydrogen) atoms. The largest absolute Gasteiger partial charge is 0.381 e. The minimum atomic E-state index is -3.27. The molecule has 4 nitrogen and oxygen atoms in total. The molecule has 6 heteroatoms. The van der Waals surface area contributed by atoms with Crippen LogP contribution in [0, 0.1) is 12.7 Å². The normalized spacial score (nSPS) is 11.2. The van der Waals surface area contributed by atoms with Gasteiger partial charge in [-0.15, -0.1) is 0 Å². The van der Waals surface area contributed by atoms with Gasteiger partial charge in [0.25, 0.3) is 0 Å². The van der Waals surface area contributed by atoms with Crippen molar-refractivity contribution < 1.29 is 12.8 Å². The molecule has 112 valence electrons. The molecule has 0 aliphatic carbocycles. The molecule has 0 saturated heterocycles. The van der Waals surface area contributed by atoms with Gasteiger partial charge in [-0.25, -0.2) is 12.8 Å². The smallest absolute Gasteiger partial charge is 0.229 e. The Labute approximate surface area is 124 Å². The first kappa shape index (κ1) is 15.3. The highest BCUT2D eigenvalue weighted by Crippen LogP contribution is 2.17. The van der Waals surface area contributed by atoms with Gasteiger partial charge in [-0.3, -0.25) is 4.72 Å². The highest BCUT2D eigenvalue weighted by Gasteiger charge is 2.03. The van der Waals surface area contributed by atoms with E-state index in [1.54, 1.807) is 30.3 Å². The molecule has 2 N–H and O–H groups in total. The van der Waals surface area contributed by atoms with E-state index in [1.165, 1.54) is 12.1 Å². The number of rotatable bonds is 5. The molecule has 0 aromatic heterocycles. The van der Waals surface area contributed by atoms with Crippen LogP contribution in [0.15, 0.2) is 42.5 Å². The van der Waals surface area contributed by atoms with Crippen molar-refractivity contribution in [2.24, 2.45) is 0 Å². The average Bonchev–Trinajstić information content (AvgIpc) is 2.40. The summed E-state index contributed by atoms with van der Waals surface area (Å²) in [5, 5.41) is 3.18. The first-order valence-electron chi connectivity index (χ1n) is 6.40. The number of halogens is 1. The molecule has 2 rings (SSSR count). The van der Waals surface area contributed by atoms with E-state index in [-0.39, 0.29) is 5.82 Å². The quantitative estimate of drug-likeness (QED) is 0.892. The van der Waals surface area contributed by atoms with Crippen LogP contribution in [0.1, 0.15) is 11.1 Å². The Bertz CT molecular complexity index is 728. The molecule has 0 radical (unpaired) electrons. The first-order chi connectivity index (χ1) is 9.83. The fourth-order valence-corrected chi connectivity index (χ4v) is 2.46. The Kier molecular flexibility index (Phi) is 4.47. The molecule has 2 aromatic rings. The van der Waals surface area contributed by atoms with E-state index < -0.39 is 10.0 Å². The number of hydrogen-bond acceptors (Lipinski definition) is 3. The topological polar surface area (TPSA) is 58.2 Å². The van der Waals surface area contributed by atoms with Gasteiger partial charge in [0.1, 0.15) is 5.82 Å².